The number of anilines is 1. The summed E-state index contributed by atoms with van der Waals surface area (Å²) < 4.78 is 7.62. The van der Waals surface area contributed by atoms with E-state index in [1.165, 1.54) is 5.69 Å². The zero-order valence-electron chi connectivity index (χ0n) is 17.5. The van der Waals surface area contributed by atoms with E-state index in [1.54, 1.807) is 0 Å². The second-order valence-electron chi connectivity index (χ2n) is 7.82. The lowest BCUT2D eigenvalue weighted by atomic mass is 10.1. The molecule has 6 heteroatoms. The molecule has 6 nitrogen and oxygen atoms in total. The molecule has 6 rings (SSSR count). The van der Waals surface area contributed by atoms with Gasteiger partial charge in [0, 0.05) is 48.0 Å². The van der Waals surface area contributed by atoms with Gasteiger partial charge in [0.2, 0.25) is 0 Å². The van der Waals surface area contributed by atoms with Crippen LogP contribution in [-0.2, 0) is 4.74 Å². The monoisotopic (exact) mass is 420 g/mol. The van der Waals surface area contributed by atoms with Crippen molar-refractivity contribution in [2.75, 3.05) is 31.2 Å². The van der Waals surface area contributed by atoms with Crippen molar-refractivity contribution < 1.29 is 4.74 Å². The van der Waals surface area contributed by atoms with Crippen molar-refractivity contribution in [2.45, 2.75) is 0 Å². The number of aromatic amines is 1. The van der Waals surface area contributed by atoms with E-state index in [1.807, 2.05) is 42.7 Å². The normalized spacial score (nSPS) is 14.2. The molecule has 0 spiro atoms. The summed E-state index contributed by atoms with van der Waals surface area (Å²) in [6.07, 6.45) is 3.87. The number of rotatable bonds is 4. The van der Waals surface area contributed by atoms with E-state index in [9.17, 15) is 0 Å². The summed E-state index contributed by atoms with van der Waals surface area (Å²) in [4.78, 5) is 15.5. The molecular weight excluding hydrogens is 398 g/mol. The lowest BCUT2D eigenvalue weighted by Crippen LogP contribution is -2.36. The number of fused-ring (bicyclic) bond motifs is 1. The molecule has 1 N–H and O–H groups in total. The highest BCUT2D eigenvalue weighted by atomic mass is 16.5. The third-order valence-electron chi connectivity index (χ3n) is 5.84. The van der Waals surface area contributed by atoms with Crippen LogP contribution in [0.15, 0.2) is 79.1 Å². The maximum Gasteiger partial charge on any atom is 0.165 e. The van der Waals surface area contributed by atoms with Gasteiger partial charge in [0.05, 0.1) is 18.9 Å². The number of imidazole rings is 1. The van der Waals surface area contributed by atoms with Crippen LogP contribution in [0, 0.1) is 6.07 Å². The molecule has 1 aliphatic rings. The molecule has 0 saturated carbocycles. The molecular formula is C26H22N5O. The second kappa shape index (κ2) is 7.98. The summed E-state index contributed by atoms with van der Waals surface area (Å²) in [6.45, 7) is 3.36. The Morgan fingerprint density at radius 2 is 1.75 bits per heavy atom. The van der Waals surface area contributed by atoms with Gasteiger partial charge >= 0.3 is 0 Å². The van der Waals surface area contributed by atoms with Crippen LogP contribution in [0.2, 0.25) is 0 Å². The molecule has 1 saturated heterocycles. The van der Waals surface area contributed by atoms with E-state index in [-0.39, 0.29) is 0 Å². The highest BCUT2D eigenvalue weighted by molar-refractivity contribution is 5.82. The van der Waals surface area contributed by atoms with Crippen molar-refractivity contribution in [3.05, 3.63) is 85.2 Å². The van der Waals surface area contributed by atoms with Crippen LogP contribution in [0.25, 0.3) is 39.5 Å². The van der Waals surface area contributed by atoms with Gasteiger partial charge in [-0.1, -0.05) is 24.3 Å². The van der Waals surface area contributed by atoms with Gasteiger partial charge in [-0.25, -0.2) is 9.97 Å². The number of hydrogen-bond acceptors (Lipinski definition) is 4. The number of morpholine rings is 1. The Labute approximate surface area is 186 Å². The van der Waals surface area contributed by atoms with Crippen LogP contribution in [0.4, 0.5) is 5.69 Å². The molecule has 1 radical (unpaired) electrons. The maximum atomic E-state index is 5.50. The fourth-order valence-electron chi connectivity index (χ4n) is 4.23. The Morgan fingerprint density at radius 3 is 2.56 bits per heavy atom. The average molecular weight is 420 g/mol. The maximum absolute atomic E-state index is 5.50. The first-order valence-electron chi connectivity index (χ1n) is 10.8. The molecule has 0 bridgehead atoms. The average Bonchev–Trinajstić information content (AvgIpc) is 3.53. The van der Waals surface area contributed by atoms with Gasteiger partial charge in [0.1, 0.15) is 11.3 Å². The smallest absolute Gasteiger partial charge is 0.165 e. The number of hydrogen-bond donors (Lipinski definition) is 1. The van der Waals surface area contributed by atoms with Crippen molar-refractivity contribution in [1.29, 1.82) is 0 Å². The predicted molar refractivity (Wildman–Crippen MR) is 126 cm³/mol. The molecule has 0 unspecified atom stereocenters. The van der Waals surface area contributed by atoms with Crippen molar-refractivity contribution in [3.8, 4) is 28.3 Å². The fourth-order valence-corrected chi connectivity index (χ4v) is 4.23. The molecule has 1 aliphatic heterocycles. The third-order valence-corrected chi connectivity index (χ3v) is 5.84. The number of benzene rings is 2. The molecule has 0 atom stereocenters. The van der Waals surface area contributed by atoms with Crippen LogP contribution < -0.4 is 4.90 Å². The summed E-state index contributed by atoms with van der Waals surface area (Å²) >= 11 is 0. The zero-order valence-corrected chi connectivity index (χ0v) is 17.5. The molecule has 2 aromatic carbocycles. The van der Waals surface area contributed by atoms with E-state index >= 15 is 0 Å². The number of H-pyrrole nitrogens is 1. The number of ether oxygens (including phenoxy) is 1. The molecule has 32 heavy (non-hydrogen) atoms. The standard InChI is InChI=1S/C26H22N5O/c1-2-6-21(7-3-1)31-25(20-11-12-27-18-20)29-24-10-9-23(28-26(24)31)19-5-4-8-22(17-19)30-13-15-32-16-14-30/h2-12,17-18,27H,13-16H2. The van der Waals surface area contributed by atoms with Crippen molar-refractivity contribution in [3.63, 3.8) is 0 Å². The van der Waals surface area contributed by atoms with Gasteiger partial charge in [0.15, 0.2) is 5.65 Å². The molecule has 4 heterocycles. The van der Waals surface area contributed by atoms with Crippen molar-refractivity contribution >= 4 is 16.9 Å². The van der Waals surface area contributed by atoms with E-state index in [4.69, 9.17) is 14.7 Å². The van der Waals surface area contributed by atoms with Gasteiger partial charge in [-0.2, -0.15) is 0 Å². The Hall–Kier alpha value is -3.90. The van der Waals surface area contributed by atoms with Crippen LogP contribution in [0.5, 0.6) is 0 Å². The van der Waals surface area contributed by atoms with E-state index in [0.717, 1.165) is 65.8 Å². The van der Waals surface area contributed by atoms with Crippen LogP contribution in [0.3, 0.4) is 0 Å². The van der Waals surface area contributed by atoms with Gasteiger partial charge in [-0.15, -0.1) is 0 Å². The van der Waals surface area contributed by atoms with E-state index in [0.29, 0.717) is 0 Å². The Balaban J connectivity index is 1.49. The highest BCUT2D eigenvalue weighted by Crippen LogP contribution is 2.30. The number of aromatic nitrogens is 4. The van der Waals surface area contributed by atoms with E-state index < -0.39 is 0 Å². The van der Waals surface area contributed by atoms with Crippen LogP contribution in [-0.4, -0.2) is 45.8 Å². The number of nitrogens with zero attached hydrogens (tertiary/aromatic N) is 4. The SMILES string of the molecule is [c]1ccc(-n2c(-c3cc[nH]c3)nc3ccc(-c4cccc(N5CCOCC5)c4)nc32)cc1. The zero-order chi connectivity index (χ0) is 21.3. The van der Waals surface area contributed by atoms with Gasteiger partial charge in [-0.05, 0) is 48.5 Å². The first kappa shape index (κ1) is 18.8. The lowest BCUT2D eigenvalue weighted by molar-refractivity contribution is 0.122. The Bertz CT molecular complexity index is 1350. The third kappa shape index (κ3) is 3.35. The molecule has 157 valence electrons. The minimum atomic E-state index is 0.768. The summed E-state index contributed by atoms with van der Waals surface area (Å²) in [5, 5.41) is 0. The molecule has 1 fully saturated rings. The summed E-state index contributed by atoms with van der Waals surface area (Å²) in [6, 6.07) is 25.7. The minimum Gasteiger partial charge on any atom is -0.378 e. The first-order valence-corrected chi connectivity index (χ1v) is 10.8. The Morgan fingerprint density at radius 1 is 0.875 bits per heavy atom. The quantitative estimate of drug-likeness (QED) is 0.457. The highest BCUT2D eigenvalue weighted by Gasteiger charge is 2.17. The number of nitrogens with one attached hydrogen (secondary N) is 1. The molecule has 5 aromatic rings. The fraction of sp³-hybridized carbons (Fsp3) is 0.154. The largest absolute Gasteiger partial charge is 0.378 e. The number of pyridine rings is 1. The second-order valence-corrected chi connectivity index (χ2v) is 7.82. The lowest BCUT2D eigenvalue weighted by Gasteiger charge is -2.29. The van der Waals surface area contributed by atoms with Gasteiger partial charge in [-0.3, -0.25) is 4.57 Å². The summed E-state index contributed by atoms with van der Waals surface area (Å²) in [7, 11) is 0. The molecule has 0 amide bonds. The summed E-state index contributed by atoms with van der Waals surface area (Å²) in [5.41, 5.74) is 6.95. The predicted octanol–water partition coefficient (Wildman–Crippen LogP) is 4.72. The van der Waals surface area contributed by atoms with E-state index in [2.05, 4.69) is 56.9 Å². The van der Waals surface area contributed by atoms with Gasteiger partial charge in [0.25, 0.3) is 0 Å². The first-order chi connectivity index (χ1) is 15.9. The minimum absolute atomic E-state index is 0.768. The van der Waals surface area contributed by atoms with Gasteiger partial charge < -0.3 is 14.6 Å². The van der Waals surface area contributed by atoms with Crippen LogP contribution >= 0.6 is 0 Å². The summed E-state index contributed by atoms with van der Waals surface area (Å²) in [5.74, 6) is 0.860. The Kier molecular flexibility index (Phi) is 4.70. The van der Waals surface area contributed by atoms with Crippen molar-refractivity contribution in [2.24, 2.45) is 0 Å². The molecule has 3 aromatic heterocycles. The van der Waals surface area contributed by atoms with Crippen LogP contribution in [0.1, 0.15) is 0 Å². The topological polar surface area (TPSA) is 59.0 Å². The van der Waals surface area contributed by atoms with Crippen molar-refractivity contribution in [1.82, 2.24) is 19.5 Å². The molecule has 0 aliphatic carbocycles.